The highest BCUT2D eigenvalue weighted by Gasteiger charge is 2.19. The van der Waals surface area contributed by atoms with Crippen molar-refractivity contribution in [2.75, 3.05) is 5.75 Å². The van der Waals surface area contributed by atoms with Gasteiger partial charge in [-0.15, -0.1) is 0 Å². The van der Waals surface area contributed by atoms with Crippen LogP contribution < -0.4 is 0 Å². The standard InChI is InChI=1S/C25H47NO4S/c1-3-4-5-6-7-8-9-10-11-12-13-14-15-16-17-18-19-26-24(28)20-23(25(26)29)31(30)21-22(2)27/h20,22,27-29H,3-19,21H2,1-2H3. The number of hydrogen-bond donors (Lipinski definition) is 3. The second kappa shape index (κ2) is 17.5. The van der Waals surface area contributed by atoms with Crippen LogP contribution in [0.4, 0.5) is 0 Å². The fourth-order valence-electron chi connectivity index (χ4n) is 4.02. The third-order valence-corrected chi connectivity index (χ3v) is 7.46. The first kappa shape index (κ1) is 28.0. The summed E-state index contributed by atoms with van der Waals surface area (Å²) in [5.41, 5.74) is 0. The molecule has 182 valence electrons. The summed E-state index contributed by atoms with van der Waals surface area (Å²) in [7, 11) is -1.51. The van der Waals surface area contributed by atoms with Gasteiger partial charge in [0.05, 0.1) is 22.7 Å². The number of aromatic nitrogens is 1. The molecule has 0 saturated carbocycles. The lowest BCUT2D eigenvalue weighted by atomic mass is 10.0. The van der Waals surface area contributed by atoms with Gasteiger partial charge in [0.15, 0.2) is 5.88 Å². The molecule has 2 unspecified atom stereocenters. The van der Waals surface area contributed by atoms with E-state index in [1.807, 2.05) is 0 Å². The zero-order valence-electron chi connectivity index (χ0n) is 20.0. The lowest BCUT2D eigenvalue weighted by molar-refractivity contribution is 0.219. The maximum absolute atomic E-state index is 12.1. The quantitative estimate of drug-likeness (QED) is 0.191. The zero-order chi connectivity index (χ0) is 22.9. The van der Waals surface area contributed by atoms with Gasteiger partial charge in [-0.25, -0.2) is 0 Å². The Hall–Kier alpha value is -1.01. The Balaban J connectivity index is 2.01. The average molecular weight is 458 g/mol. The molecule has 0 aliphatic rings. The fraction of sp³-hybridized carbons (Fsp3) is 0.840. The van der Waals surface area contributed by atoms with Crippen LogP contribution in [0, 0.1) is 0 Å². The smallest absolute Gasteiger partial charge is 0.210 e. The van der Waals surface area contributed by atoms with Crippen molar-refractivity contribution in [2.45, 2.75) is 134 Å². The molecule has 2 atom stereocenters. The molecule has 0 aliphatic carbocycles. The maximum Gasteiger partial charge on any atom is 0.210 e. The van der Waals surface area contributed by atoms with E-state index in [9.17, 15) is 19.5 Å². The van der Waals surface area contributed by atoms with Crippen molar-refractivity contribution < 1.29 is 19.5 Å². The third-order valence-electron chi connectivity index (χ3n) is 5.89. The molecule has 1 aromatic rings. The minimum Gasteiger partial charge on any atom is -0.494 e. The maximum atomic E-state index is 12.1. The highest BCUT2D eigenvalue weighted by Crippen LogP contribution is 2.31. The van der Waals surface area contributed by atoms with Gasteiger partial charge in [0.1, 0.15) is 4.90 Å². The minimum absolute atomic E-state index is 0.0516. The first-order chi connectivity index (χ1) is 15.0. The van der Waals surface area contributed by atoms with E-state index in [2.05, 4.69) is 6.92 Å². The average Bonchev–Trinajstić information content (AvgIpc) is 3.01. The molecule has 31 heavy (non-hydrogen) atoms. The highest BCUT2D eigenvalue weighted by atomic mass is 32.2. The Morgan fingerprint density at radius 1 is 0.806 bits per heavy atom. The van der Waals surface area contributed by atoms with Gasteiger partial charge in [0.25, 0.3) is 0 Å². The summed E-state index contributed by atoms with van der Waals surface area (Å²) >= 11 is 0. The van der Waals surface area contributed by atoms with Crippen molar-refractivity contribution in [1.29, 1.82) is 0 Å². The largest absolute Gasteiger partial charge is 0.494 e. The van der Waals surface area contributed by atoms with Crippen molar-refractivity contribution >= 4 is 10.8 Å². The minimum atomic E-state index is -1.51. The van der Waals surface area contributed by atoms with Crippen molar-refractivity contribution in [3.63, 3.8) is 0 Å². The number of nitrogens with zero attached hydrogens (tertiary/aromatic N) is 1. The van der Waals surface area contributed by atoms with Crippen LogP contribution in [0.15, 0.2) is 11.0 Å². The zero-order valence-corrected chi connectivity index (χ0v) is 20.8. The van der Waals surface area contributed by atoms with E-state index in [1.165, 1.54) is 101 Å². The van der Waals surface area contributed by atoms with Gasteiger partial charge >= 0.3 is 0 Å². The summed E-state index contributed by atoms with van der Waals surface area (Å²) in [4.78, 5) is 0.204. The Morgan fingerprint density at radius 2 is 1.23 bits per heavy atom. The molecule has 0 radical (unpaired) electrons. The molecule has 0 bridgehead atoms. The van der Waals surface area contributed by atoms with Gasteiger partial charge in [0.2, 0.25) is 5.88 Å². The molecule has 0 fully saturated rings. The SMILES string of the molecule is CCCCCCCCCCCCCCCCCCn1c(O)cc(S(=O)CC(C)O)c1O. The first-order valence-electron chi connectivity index (χ1n) is 12.6. The number of aromatic hydroxyl groups is 2. The van der Waals surface area contributed by atoms with E-state index in [4.69, 9.17) is 0 Å². The predicted molar refractivity (Wildman–Crippen MR) is 130 cm³/mol. The molecule has 1 aromatic heterocycles. The molecular weight excluding hydrogens is 410 g/mol. The van der Waals surface area contributed by atoms with Crippen LogP contribution in [0.2, 0.25) is 0 Å². The summed E-state index contributed by atoms with van der Waals surface area (Å²) in [6, 6.07) is 1.35. The van der Waals surface area contributed by atoms with Gasteiger partial charge in [-0.1, -0.05) is 103 Å². The normalized spacial score (nSPS) is 13.5. The summed E-state index contributed by atoms with van der Waals surface area (Å²) in [6.45, 7) is 4.34. The number of unbranched alkanes of at least 4 members (excludes halogenated alkanes) is 15. The first-order valence-corrected chi connectivity index (χ1v) is 14.0. The Bertz CT molecular complexity index is 601. The molecule has 0 spiro atoms. The molecule has 1 rings (SSSR count). The highest BCUT2D eigenvalue weighted by molar-refractivity contribution is 7.85. The molecular formula is C25H47NO4S. The lowest BCUT2D eigenvalue weighted by Crippen LogP contribution is -2.12. The van der Waals surface area contributed by atoms with E-state index < -0.39 is 16.9 Å². The van der Waals surface area contributed by atoms with E-state index in [-0.39, 0.29) is 22.4 Å². The van der Waals surface area contributed by atoms with Crippen LogP contribution in [0.25, 0.3) is 0 Å². The molecule has 0 aromatic carbocycles. The molecule has 0 amide bonds. The van der Waals surface area contributed by atoms with Crippen molar-refractivity contribution in [1.82, 2.24) is 4.57 Å². The third kappa shape index (κ3) is 12.6. The predicted octanol–water partition coefficient (Wildman–Crippen LogP) is 6.65. The van der Waals surface area contributed by atoms with E-state index >= 15 is 0 Å². The Morgan fingerprint density at radius 3 is 1.65 bits per heavy atom. The summed E-state index contributed by atoms with van der Waals surface area (Å²) in [5.74, 6) is -0.152. The number of aliphatic hydroxyl groups is 1. The molecule has 3 N–H and O–H groups in total. The number of hydrogen-bond acceptors (Lipinski definition) is 4. The number of aliphatic hydroxyl groups excluding tert-OH is 1. The van der Waals surface area contributed by atoms with Crippen LogP contribution >= 0.6 is 0 Å². The molecule has 6 heteroatoms. The van der Waals surface area contributed by atoms with Crippen molar-refractivity contribution in [3.05, 3.63) is 6.07 Å². The fourth-order valence-corrected chi connectivity index (χ4v) is 5.18. The second-order valence-electron chi connectivity index (χ2n) is 9.01. The summed E-state index contributed by atoms with van der Waals surface area (Å²) < 4.78 is 13.5. The van der Waals surface area contributed by atoms with Crippen molar-refractivity contribution in [2.24, 2.45) is 0 Å². The van der Waals surface area contributed by atoms with Gasteiger partial charge < -0.3 is 15.3 Å². The molecule has 0 aliphatic heterocycles. The summed E-state index contributed by atoms with van der Waals surface area (Å²) in [6.07, 6.45) is 20.1. The van der Waals surface area contributed by atoms with Crippen LogP contribution in [-0.2, 0) is 17.3 Å². The van der Waals surface area contributed by atoms with Crippen molar-refractivity contribution in [3.8, 4) is 11.8 Å². The molecule has 5 nitrogen and oxygen atoms in total. The van der Waals surface area contributed by atoms with Crippen LogP contribution in [-0.4, -0.2) is 36.0 Å². The molecule has 1 heterocycles. The van der Waals surface area contributed by atoms with Gasteiger partial charge in [-0.3, -0.25) is 8.78 Å². The van der Waals surface area contributed by atoms with Crippen LogP contribution in [0.5, 0.6) is 11.8 Å². The van der Waals surface area contributed by atoms with Crippen LogP contribution in [0.3, 0.4) is 0 Å². The van der Waals surface area contributed by atoms with E-state index in [0.29, 0.717) is 6.54 Å². The van der Waals surface area contributed by atoms with E-state index in [0.717, 1.165) is 12.8 Å². The molecule has 0 saturated heterocycles. The van der Waals surface area contributed by atoms with Gasteiger partial charge in [0, 0.05) is 12.6 Å². The lowest BCUT2D eigenvalue weighted by Gasteiger charge is -2.08. The van der Waals surface area contributed by atoms with Crippen LogP contribution in [0.1, 0.15) is 117 Å². The summed E-state index contributed by atoms with van der Waals surface area (Å²) in [5, 5.41) is 29.6. The van der Waals surface area contributed by atoms with E-state index in [1.54, 1.807) is 6.92 Å². The monoisotopic (exact) mass is 457 g/mol. The Kier molecular flexibility index (Phi) is 15.9. The Labute approximate surface area is 192 Å². The van der Waals surface area contributed by atoms with Gasteiger partial charge in [-0.2, -0.15) is 0 Å². The number of rotatable bonds is 20. The van der Waals surface area contributed by atoms with Gasteiger partial charge in [-0.05, 0) is 13.3 Å². The topological polar surface area (TPSA) is 82.7 Å². The second-order valence-corrected chi connectivity index (χ2v) is 10.5.